The van der Waals surface area contributed by atoms with Crippen molar-refractivity contribution in [3.05, 3.63) is 24.3 Å². The standard InChI is InChI=1S/C22H32N4O4/c1-5-30-18-9-7-6-8-17(18)23-19(27)16(4)26-20(28)22(24-21(26)29)10-12-25(13-11-22)14-15(2)3/h6-9,15-16H,5,10-14H2,1-4H3,(H,23,27)(H,24,29). The van der Waals surface area contributed by atoms with Crippen molar-refractivity contribution in [3.63, 3.8) is 0 Å². The molecule has 4 amide bonds. The second-order valence-electron chi connectivity index (χ2n) is 8.48. The quantitative estimate of drug-likeness (QED) is 0.667. The number of hydrogen-bond donors (Lipinski definition) is 2. The molecular weight excluding hydrogens is 384 g/mol. The predicted molar refractivity (Wildman–Crippen MR) is 114 cm³/mol. The van der Waals surface area contributed by atoms with Gasteiger partial charge in [-0.2, -0.15) is 0 Å². The maximum Gasteiger partial charge on any atom is 0.325 e. The van der Waals surface area contributed by atoms with Crippen LogP contribution in [0.4, 0.5) is 10.5 Å². The van der Waals surface area contributed by atoms with E-state index in [0.717, 1.165) is 24.5 Å². The van der Waals surface area contributed by atoms with Crippen LogP contribution in [0.25, 0.3) is 0 Å². The smallest absolute Gasteiger partial charge is 0.325 e. The van der Waals surface area contributed by atoms with E-state index in [0.29, 0.717) is 36.8 Å². The molecule has 30 heavy (non-hydrogen) atoms. The number of likely N-dealkylation sites (tertiary alicyclic amines) is 1. The van der Waals surface area contributed by atoms with E-state index in [9.17, 15) is 14.4 Å². The number of rotatable bonds is 7. The Hall–Kier alpha value is -2.61. The molecule has 164 valence electrons. The monoisotopic (exact) mass is 416 g/mol. The van der Waals surface area contributed by atoms with Gasteiger partial charge < -0.3 is 20.3 Å². The van der Waals surface area contributed by atoms with Crippen molar-refractivity contribution in [3.8, 4) is 5.75 Å². The Morgan fingerprint density at radius 2 is 1.87 bits per heavy atom. The van der Waals surface area contributed by atoms with Crippen molar-refractivity contribution in [1.82, 2.24) is 15.1 Å². The average molecular weight is 417 g/mol. The Morgan fingerprint density at radius 3 is 2.50 bits per heavy atom. The van der Waals surface area contributed by atoms with Gasteiger partial charge >= 0.3 is 6.03 Å². The fourth-order valence-electron chi connectivity index (χ4n) is 4.17. The molecule has 1 unspecified atom stereocenters. The highest BCUT2D eigenvalue weighted by Crippen LogP contribution is 2.31. The number of anilines is 1. The van der Waals surface area contributed by atoms with Crippen molar-refractivity contribution >= 4 is 23.5 Å². The van der Waals surface area contributed by atoms with Crippen LogP contribution >= 0.6 is 0 Å². The molecule has 3 rings (SSSR count). The van der Waals surface area contributed by atoms with E-state index in [2.05, 4.69) is 29.4 Å². The van der Waals surface area contributed by atoms with E-state index in [-0.39, 0.29) is 5.91 Å². The summed E-state index contributed by atoms with van der Waals surface area (Å²) in [6, 6.07) is 5.66. The first kappa shape index (κ1) is 22.1. The van der Waals surface area contributed by atoms with Gasteiger partial charge in [-0.05, 0) is 44.7 Å². The zero-order chi connectivity index (χ0) is 21.9. The van der Waals surface area contributed by atoms with Gasteiger partial charge in [0.05, 0.1) is 12.3 Å². The van der Waals surface area contributed by atoms with Gasteiger partial charge in [0, 0.05) is 19.6 Å². The van der Waals surface area contributed by atoms with Gasteiger partial charge in [-0.15, -0.1) is 0 Å². The van der Waals surface area contributed by atoms with Gasteiger partial charge in [-0.3, -0.25) is 9.59 Å². The van der Waals surface area contributed by atoms with E-state index in [1.54, 1.807) is 25.1 Å². The first-order valence-corrected chi connectivity index (χ1v) is 10.7. The molecule has 8 nitrogen and oxygen atoms in total. The van der Waals surface area contributed by atoms with Gasteiger partial charge in [0.1, 0.15) is 17.3 Å². The highest BCUT2D eigenvalue weighted by molar-refractivity contribution is 6.11. The number of carbonyl (C=O) groups is 3. The van der Waals surface area contributed by atoms with Gasteiger partial charge in [0.2, 0.25) is 5.91 Å². The number of nitrogens with one attached hydrogen (secondary N) is 2. The summed E-state index contributed by atoms with van der Waals surface area (Å²) in [4.78, 5) is 42.1. The van der Waals surface area contributed by atoms with E-state index in [1.807, 2.05) is 13.0 Å². The van der Waals surface area contributed by atoms with E-state index < -0.39 is 23.5 Å². The van der Waals surface area contributed by atoms with Crippen LogP contribution in [0.15, 0.2) is 24.3 Å². The number of carbonyl (C=O) groups excluding carboxylic acids is 3. The van der Waals surface area contributed by atoms with Crippen LogP contribution in [0.2, 0.25) is 0 Å². The molecule has 2 heterocycles. The molecule has 2 fully saturated rings. The largest absolute Gasteiger partial charge is 0.492 e. The van der Waals surface area contributed by atoms with E-state index >= 15 is 0 Å². The molecule has 0 bridgehead atoms. The molecule has 0 aliphatic carbocycles. The Morgan fingerprint density at radius 1 is 1.20 bits per heavy atom. The number of benzene rings is 1. The van der Waals surface area contributed by atoms with Crippen molar-refractivity contribution in [2.45, 2.75) is 52.1 Å². The number of nitrogens with zero attached hydrogens (tertiary/aromatic N) is 2. The lowest BCUT2D eigenvalue weighted by atomic mass is 9.87. The zero-order valence-corrected chi connectivity index (χ0v) is 18.2. The maximum atomic E-state index is 13.2. The lowest BCUT2D eigenvalue weighted by Crippen LogP contribution is -2.56. The van der Waals surface area contributed by atoms with Crippen LogP contribution in [0.1, 0.15) is 40.5 Å². The second kappa shape index (κ2) is 9.04. The van der Waals surface area contributed by atoms with Crippen molar-refractivity contribution < 1.29 is 19.1 Å². The lowest BCUT2D eigenvalue weighted by Gasteiger charge is -2.38. The Bertz CT molecular complexity index is 802. The number of hydrogen-bond acceptors (Lipinski definition) is 5. The SMILES string of the molecule is CCOc1ccccc1NC(=O)C(C)N1C(=O)NC2(CCN(CC(C)C)CC2)C1=O. The number of para-hydroxylation sites is 2. The summed E-state index contributed by atoms with van der Waals surface area (Å²) in [6.07, 6.45) is 1.12. The lowest BCUT2D eigenvalue weighted by molar-refractivity contribution is -0.137. The molecule has 1 atom stereocenters. The van der Waals surface area contributed by atoms with Gasteiger partial charge in [-0.1, -0.05) is 26.0 Å². The normalized spacial score (nSPS) is 19.8. The van der Waals surface area contributed by atoms with Gasteiger partial charge in [0.25, 0.3) is 5.91 Å². The molecule has 0 saturated carbocycles. The Balaban J connectivity index is 1.68. The van der Waals surface area contributed by atoms with Gasteiger partial charge in [-0.25, -0.2) is 9.69 Å². The summed E-state index contributed by atoms with van der Waals surface area (Å²) in [6.45, 7) is 10.7. The van der Waals surface area contributed by atoms with E-state index in [1.165, 1.54) is 0 Å². The van der Waals surface area contributed by atoms with Gasteiger partial charge in [0.15, 0.2) is 0 Å². The molecule has 0 aromatic heterocycles. The van der Waals surface area contributed by atoms with Crippen molar-refractivity contribution in [2.75, 3.05) is 31.6 Å². The number of ether oxygens (including phenoxy) is 1. The molecule has 2 saturated heterocycles. The predicted octanol–water partition coefficient (Wildman–Crippen LogP) is 2.45. The summed E-state index contributed by atoms with van der Waals surface area (Å²) in [5, 5.41) is 5.67. The summed E-state index contributed by atoms with van der Waals surface area (Å²) >= 11 is 0. The minimum atomic E-state index is -0.930. The third kappa shape index (κ3) is 4.43. The molecule has 0 radical (unpaired) electrons. The van der Waals surface area contributed by atoms with Crippen LogP contribution in [0.5, 0.6) is 5.75 Å². The highest BCUT2D eigenvalue weighted by atomic mass is 16.5. The van der Waals surface area contributed by atoms with Crippen LogP contribution in [0, 0.1) is 5.92 Å². The van der Waals surface area contributed by atoms with Crippen LogP contribution in [-0.4, -0.2) is 65.5 Å². The molecule has 1 aromatic carbocycles. The number of imide groups is 1. The minimum Gasteiger partial charge on any atom is -0.492 e. The molecule has 1 spiro atoms. The number of amides is 4. The summed E-state index contributed by atoms with van der Waals surface area (Å²) in [7, 11) is 0. The molecule has 8 heteroatoms. The Kier molecular flexibility index (Phi) is 6.65. The van der Waals surface area contributed by atoms with Crippen LogP contribution in [-0.2, 0) is 9.59 Å². The fraction of sp³-hybridized carbons (Fsp3) is 0.591. The van der Waals surface area contributed by atoms with E-state index in [4.69, 9.17) is 4.74 Å². The summed E-state index contributed by atoms with van der Waals surface area (Å²) < 4.78 is 5.53. The molecule has 2 aliphatic rings. The van der Waals surface area contributed by atoms with Crippen LogP contribution < -0.4 is 15.4 Å². The molecule has 2 N–H and O–H groups in total. The molecule has 1 aromatic rings. The third-order valence-electron chi connectivity index (χ3n) is 5.74. The maximum absolute atomic E-state index is 13.2. The van der Waals surface area contributed by atoms with Crippen molar-refractivity contribution in [2.24, 2.45) is 5.92 Å². The topological polar surface area (TPSA) is 91.0 Å². The Labute approximate surface area is 177 Å². The van der Waals surface area contributed by atoms with Crippen LogP contribution in [0.3, 0.4) is 0 Å². The zero-order valence-electron chi connectivity index (χ0n) is 18.2. The number of piperidine rings is 1. The second-order valence-corrected chi connectivity index (χ2v) is 8.48. The first-order valence-electron chi connectivity index (χ1n) is 10.7. The first-order chi connectivity index (χ1) is 14.3. The van der Waals surface area contributed by atoms with Crippen molar-refractivity contribution in [1.29, 1.82) is 0 Å². The summed E-state index contributed by atoms with van der Waals surface area (Å²) in [5.74, 6) is 0.358. The summed E-state index contributed by atoms with van der Waals surface area (Å²) in [5.41, 5.74) is -0.387. The third-order valence-corrected chi connectivity index (χ3v) is 5.74. The average Bonchev–Trinajstić information content (AvgIpc) is 2.94. The fourth-order valence-corrected chi connectivity index (χ4v) is 4.17. The molecule has 2 aliphatic heterocycles. The minimum absolute atomic E-state index is 0.308. The molecular formula is C22H32N4O4. The number of urea groups is 1. The highest BCUT2D eigenvalue weighted by Gasteiger charge is 2.54.